The molecule has 1 aliphatic carbocycles. The number of carbonyl (C=O) groups is 1. The third-order valence-electron chi connectivity index (χ3n) is 2.68. The summed E-state index contributed by atoms with van der Waals surface area (Å²) in [4.78, 5) is 12.0. The van der Waals surface area contributed by atoms with Gasteiger partial charge in [-0.3, -0.25) is 0 Å². The maximum Gasteiger partial charge on any atom is 0.337 e. The summed E-state index contributed by atoms with van der Waals surface area (Å²) in [5.41, 5.74) is 1.25. The molecule has 1 aliphatic rings. The zero-order valence-electron chi connectivity index (χ0n) is 10.2. The number of carbonyl (C=O) groups excluding carboxylic acids is 1. The fourth-order valence-electron chi connectivity index (χ4n) is 1.70. The minimum atomic E-state index is -0.394. The van der Waals surface area contributed by atoms with Crippen molar-refractivity contribution in [2.24, 2.45) is 0 Å². The lowest BCUT2D eigenvalue weighted by atomic mass is 10.0. The molecule has 0 fully saturated rings. The van der Waals surface area contributed by atoms with Gasteiger partial charge in [-0.1, -0.05) is 42.0 Å². The van der Waals surface area contributed by atoms with Gasteiger partial charge in [-0.25, -0.2) is 4.79 Å². The van der Waals surface area contributed by atoms with E-state index in [-0.39, 0.29) is 6.04 Å². The van der Waals surface area contributed by atoms with Crippen LogP contribution in [0.1, 0.15) is 0 Å². The molecular formula is C14H12ClNO2S. The SMILES string of the molecule is COC(=O)C1=CC(=S)C(Nc2ccccc2Cl)C=C1. The van der Waals surface area contributed by atoms with E-state index >= 15 is 0 Å². The number of halogens is 1. The van der Waals surface area contributed by atoms with Crippen molar-refractivity contribution < 1.29 is 9.53 Å². The van der Waals surface area contributed by atoms with E-state index in [1.165, 1.54) is 7.11 Å². The first-order valence-electron chi connectivity index (χ1n) is 5.65. The third-order valence-corrected chi connectivity index (χ3v) is 3.38. The van der Waals surface area contributed by atoms with Gasteiger partial charge in [0, 0.05) is 4.86 Å². The van der Waals surface area contributed by atoms with Gasteiger partial charge in [0.2, 0.25) is 0 Å². The van der Waals surface area contributed by atoms with Crippen molar-refractivity contribution in [2.75, 3.05) is 12.4 Å². The summed E-state index contributed by atoms with van der Waals surface area (Å²) in [5, 5.41) is 3.85. The van der Waals surface area contributed by atoms with Crippen LogP contribution in [0, 0.1) is 0 Å². The van der Waals surface area contributed by atoms with Gasteiger partial charge in [-0.2, -0.15) is 0 Å². The molecule has 0 heterocycles. The van der Waals surface area contributed by atoms with E-state index in [4.69, 9.17) is 23.8 Å². The second-order valence-electron chi connectivity index (χ2n) is 3.95. The maximum atomic E-state index is 11.4. The highest BCUT2D eigenvalue weighted by Crippen LogP contribution is 2.23. The summed E-state index contributed by atoms with van der Waals surface area (Å²) in [5.74, 6) is -0.394. The zero-order valence-corrected chi connectivity index (χ0v) is 11.8. The van der Waals surface area contributed by atoms with Crippen molar-refractivity contribution in [2.45, 2.75) is 6.04 Å². The molecule has 1 atom stereocenters. The standard InChI is InChI=1S/C14H12ClNO2S/c1-18-14(17)9-6-7-12(13(19)8-9)16-11-5-3-2-4-10(11)15/h2-8,12,16H,1H3. The number of rotatable bonds is 3. The molecule has 0 aliphatic heterocycles. The number of hydrogen-bond donors (Lipinski definition) is 1. The predicted octanol–water partition coefficient (Wildman–Crippen LogP) is 3.16. The van der Waals surface area contributed by atoms with Crippen LogP contribution in [0.25, 0.3) is 0 Å². The average Bonchev–Trinajstić information content (AvgIpc) is 2.42. The molecule has 0 bridgehead atoms. The molecule has 0 saturated carbocycles. The van der Waals surface area contributed by atoms with Crippen LogP contribution in [0.2, 0.25) is 5.02 Å². The number of para-hydroxylation sites is 1. The van der Waals surface area contributed by atoms with Gasteiger partial charge < -0.3 is 10.1 Å². The van der Waals surface area contributed by atoms with Crippen LogP contribution in [0.15, 0.2) is 48.1 Å². The molecule has 1 N–H and O–H groups in total. The van der Waals surface area contributed by atoms with E-state index in [1.807, 2.05) is 24.3 Å². The first-order valence-corrected chi connectivity index (χ1v) is 6.43. The van der Waals surface area contributed by atoms with Gasteiger partial charge in [0.15, 0.2) is 0 Å². The largest absolute Gasteiger partial charge is 0.465 e. The first kappa shape index (κ1) is 13.8. The van der Waals surface area contributed by atoms with Crippen molar-refractivity contribution in [1.82, 2.24) is 0 Å². The molecular weight excluding hydrogens is 282 g/mol. The summed E-state index contributed by atoms with van der Waals surface area (Å²) < 4.78 is 4.65. The van der Waals surface area contributed by atoms with Crippen LogP contribution < -0.4 is 5.32 Å². The monoisotopic (exact) mass is 293 g/mol. The third kappa shape index (κ3) is 3.22. The maximum absolute atomic E-state index is 11.4. The van der Waals surface area contributed by atoms with Crippen LogP contribution in [-0.4, -0.2) is 24.0 Å². The number of nitrogens with one attached hydrogen (secondary N) is 1. The molecule has 0 amide bonds. The van der Waals surface area contributed by atoms with Crippen LogP contribution >= 0.6 is 23.8 Å². The second kappa shape index (κ2) is 5.99. The molecule has 2 rings (SSSR count). The zero-order chi connectivity index (χ0) is 13.8. The number of benzene rings is 1. The van der Waals surface area contributed by atoms with E-state index in [1.54, 1.807) is 18.2 Å². The summed E-state index contributed by atoms with van der Waals surface area (Å²) in [7, 11) is 1.34. The Morgan fingerprint density at radius 1 is 1.42 bits per heavy atom. The Bertz CT molecular complexity index is 581. The highest BCUT2D eigenvalue weighted by Gasteiger charge is 2.18. The number of thiocarbonyl (C=S) groups is 1. The first-order chi connectivity index (χ1) is 9.11. The number of hydrogen-bond acceptors (Lipinski definition) is 4. The Hall–Kier alpha value is -1.65. The van der Waals surface area contributed by atoms with Crippen molar-refractivity contribution in [1.29, 1.82) is 0 Å². The van der Waals surface area contributed by atoms with Gasteiger partial charge in [0.25, 0.3) is 0 Å². The molecule has 3 nitrogen and oxygen atoms in total. The Morgan fingerprint density at radius 2 is 2.16 bits per heavy atom. The number of ether oxygens (including phenoxy) is 1. The van der Waals surface area contributed by atoms with Gasteiger partial charge in [-0.05, 0) is 24.3 Å². The van der Waals surface area contributed by atoms with Crippen molar-refractivity contribution in [3.8, 4) is 0 Å². The summed E-state index contributed by atoms with van der Waals surface area (Å²) >= 11 is 11.3. The van der Waals surface area contributed by atoms with E-state index < -0.39 is 5.97 Å². The summed E-state index contributed by atoms with van der Waals surface area (Å²) in [6, 6.07) is 7.26. The fourth-order valence-corrected chi connectivity index (χ4v) is 2.15. The number of anilines is 1. The van der Waals surface area contributed by atoms with Crippen LogP contribution in [0.4, 0.5) is 5.69 Å². The normalized spacial score (nSPS) is 17.9. The average molecular weight is 294 g/mol. The molecule has 0 spiro atoms. The van der Waals surface area contributed by atoms with E-state index in [2.05, 4.69) is 10.1 Å². The molecule has 1 aromatic carbocycles. The molecule has 1 aromatic rings. The minimum Gasteiger partial charge on any atom is -0.465 e. The summed E-state index contributed by atoms with van der Waals surface area (Å²) in [6.07, 6.45) is 5.14. The Kier molecular flexibility index (Phi) is 4.35. The predicted molar refractivity (Wildman–Crippen MR) is 80.7 cm³/mol. The lowest BCUT2D eigenvalue weighted by Gasteiger charge is -2.20. The van der Waals surface area contributed by atoms with E-state index in [9.17, 15) is 4.79 Å². The van der Waals surface area contributed by atoms with Gasteiger partial charge >= 0.3 is 5.97 Å². The Balaban J connectivity index is 2.12. The van der Waals surface area contributed by atoms with E-state index in [0.717, 1.165) is 5.69 Å². The van der Waals surface area contributed by atoms with E-state index in [0.29, 0.717) is 15.5 Å². The topological polar surface area (TPSA) is 38.3 Å². The molecule has 5 heteroatoms. The Labute approximate surface area is 121 Å². The molecule has 1 unspecified atom stereocenters. The number of esters is 1. The lowest BCUT2D eigenvalue weighted by molar-refractivity contribution is -0.135. The molecule has 0 aromatic heterocycles. The lowest BCUT2D eigenvalue weighted by Crippen LogP contribution is -2.28. The number of methoxy groups -OCH3 is 1. The fraction of sp³-hybridized carbons (Fsp3) is 0.143. The summed E-state index contributed by atoms with van der Waals surface area (Å²) in [6.45, 7) is 0. The highest BCUT2D eigenvalue weighted by atomic mass is 35.5. The molecule has 0 radical (unpaired) electrons. The minimum absolute atomic E-state index is 0.164. The quantitative estimate of drug-likeness (QED) is 0.686. The van der Waals surface area contributed by atoms with Gasteiger partial charge in [0.05, 0.1) is 29.4 Å². The molecule has 98 valence electrons. The Morgan fingerprint density at radius 3 is 2.79 bits per heavy atom. The molecule has 19 heavy (non-hydrogen) atoms. The van der Waals surface area contributed by atoms with Gasteiger partial charge in [-0.15, -0.1) is 0 Å². The van der Waals surface area contributed by atoms with Crippen molar-refractivity contribution in [3.05, 3.63) is 53.1 Å². The smallest absolute Gasteiger partial charge is 0.337 e. The van der Waals surface area contributed by atoms with Gasteiger partial charge in [0.1, 0.15) is 0 Å². The second-order valence-corrected chi connectivity index (χ2v) is 4.83. The van der Waals surface area contributed by atoms with Crippen LogP contribution in [0.5, 0.6) is 0 Å². The molecule has 0 saturated heterocycles. The van der Waals surface area contributed by atoms with Crippen LogP contribution in [0.3, 0.4) is 0 Å². The van der Waals surface area contributed by atoms with Crippen LogP contribution in [-0.2, 0) is 9.53 Å². The van der Waals surface area contributed by atoms with Crippen molar-refractivity contribution in [3.63, 3.8) is 0 Å². The highest BCUT2D eigenvalue weighted by molar-refractivity contribution is 7.81. The van der Waals surface area contributed by atoms with Crippen molar-refractivity contribution >= 4 is 40.3 Å².